The summed E-state index contributed by atoms with van der Waals surface area (Å²) in [5.74, 6) is -1.40. The maximum Gasteiger partial charge on any atom is 0.335 e. The number of fused-ring (bicyclic) bond motifs is 1. The number of thiophene rings is 1. The van der Waals surface area contributed by atoms with Crippen molar-refractivity contribution in [3.8, 4) is 0 Å². The molecule has 2 aliphatic rings. The van der Waals surface area contributed by atoms with Crippen molar-refractivity contribution in [1.82, 2.24) is 14.7 Å². The molecule has 1 atom stereocenters. The van der Waals surface area contributed by atoms with Gasteiger partial charge in [-0.3, -0.25) is 19.4 Å². The average Bonchev–Trinajstić information content (AvgIpc) is 3.10. The number of hydrogen-bond acceptors (Lipinski definition) is 5. The van der Waals surface area contributed by atoms with E-state index in [9.17, 15) is 14.4 Å². The SMILES string of the molecule is CCCN1C(=O)C(=O)N(CN2CCc3sccc3[C@@H]2CC)C1=O. The van der Waals surface area contributed by atoms with Gasteiger partial charge >= 0.3 is 17.8 Å². The number of rotatable bonds is 5. The molecule has 23 heavy (non-hydrogen) atoms. The monoisotopic (exact) mass is 335 g/mol. The second kappa shape index (κ2) is 6.41. The fourth-order valence-corrected chi connectivity index (χ4v) is 4.30. The molecule has 3 heterocycles. The van der Waals surface area contributed by atoms with Crippen molar-refractivity contribution in [1.29, 1.82) is 0 Å². The molecule has 0 N–H and O–H groups in total. The normalized spacial score (nSPS) is 22.2. The van der Waals surface area contributed by atoms with Crippen LogP contribution in [0.1, 0.15) is 43.2 Å². The minimum Gasteiger partial charge on any atom is -0.278 e. The van der Waals surface area contributed by atoms with Crippen molar-refractivity contribution in [2.75, 3.05) is 19.8 Å². The average molecular weight is 335 g/mol. The molecule has 1 aromatic rings. The first kappa shape index (κ1) is 16.1. The summed E-state index contributed by atoms with van der Waals surface area (Å²) in [5.41, 5.74) is 1.29. The van der Waals surface area contributed by atoms with Crippen molar-refractivity contribution in [2.45, 2.75) is 39.2 Å². The van der Waals surface area contributed by atoms with Crippen LogP contribution < -0.4 is 0 Å². The molecule has 1 aromatic heterocycles. The Morgan fingerprint density at radius 2 is 1.91 bits per heavy atom. The van der Waals surface area contributed by atoms with E-state index in [1.165, 1.54) is 10.4 Å². The zero-order valence-corrected chi connectivity index (χ0v) is 14.3. The number of hydrogen-bond donors (Lipinski definition) is 0. The van der Waals surface area contributed by atoms with Gasteiger partial charge in [-0.05, 0) is 36.3 Å². The van der Waals surface area contributed by atoms with E-state index in [2.05, 4.69) is 23.3 Å². The van der Waals surface area contributed by atoms with Crippen LogP contribution in [0.5, 0.6) is 0 Å². The summed E-state index contributed by atoms with van der Waals surface area (Å²) in [6.45, 7) is 5.27. The highest BCUT2D eigenvalue weighted by Crippen LogP contribution is 2.35. The lowest BCUT2D eigenvalue weighted by Gasteiger charge is -2.36. The van der Waals surface area contributed by atoms with E-state index in [-0.39, 0.29) is 12.7 Å². The Balaban J connectivity index is 1.78. The second-order valence-electron chi connectivity index (χ2n) is 5.90. The lowest BCUT2D eigenvalue weighted by molar-refractivity contribution is -0.144. The third kappa shape index (κ3) is 2.68. The molecule has 0 unspecified atom stereocenters. The first-order chi connectivity index (χ1) is 11.1. The first-order valence-corrected chi connectivity index (χ1v) is 8.94. The standard InChI is InChI=1S/C16H21N3O3S/c1-3-7-18-14(20)15(21)19(16(18)22)10-17-8-5-13-11(6-9-23-13)12(17)4-2/h6,9,12H,3-5,7-8,10H2,1-2H3/t12-/m0/s1. The predicted octanol–water partition coefficient (Wildman–Crippen LogP) is 2.22. The molecule has 1 fully saturated rings. The Hall–Kier alpha value is -1.73. The molecule has 3 rings (SSSR count). The molecule has 124 valence electrons. The minimum atomic E-state index is -0.700. The van der Waals surface area contributed by atoms with Crippen molar-refractivity contribution in [3.63, 3.8) is 0 Å². The van der Waals surface area contributed by atoms with Crippen LogP contribution in [0, 0.1) is 0 Å². The molecule has 0 bridgehead atoms. The zero-order chi connectivity index (χ0) is 16.6. The highest BCUT2D eigenvalue weighted by molar-refractivity contribution is 7.10. The van der Waals surface area contributed by atoms with Crippen LogP contribution in [0.2, 0.25) is 0 Å². The Kier molecular flexibility index (Phi) is 4.50. The van der Waals surface area contributed by atoms with Crippen LogP contribution in [0.15, 0.2) is 11.4 Å². The Morgan fingerprint density at radius 3 is 2.61 bits per heavy atom. The van der Waals surface area contributed by atoms with Crippen LogP contribution in [-0.4, -0.2) is 52.3 Å². The van der Waals surface area contributed by atoms with E-state index in [1.807, 2.05) is 6.92 Å². The Bertz CT molecular complexity index is 642. The van der Waals surface area contributed by atoms with Gasteiger partial charge in [-0.1, -0.05) is 13.8 Å². The number of carbonyl (C=O) groups excluding carboxylic acids is 3. The van der Waals surface area contributed by atoms with Gasteiger partial charge in [-0.15, -0.1) is 11.3 Å². The summed E-state index contributed by atoms with van der Waals surface area (Å²) in [4.78, 5) is 42.2. The third-order valence-electron chi connectivity index (χ3n) is 4.50. The zero-order valence-electron chi connectivity index (χ0n) is 13.4. The summed E-state index contributed by atoms with van der Waals surface area (Å²) in [7, 11) is 0. The molecule has 0 spiro atoms. The molecule has 2 aliphatic heterocycles. The number of imide groups is 2. The van der Waals surface area contributed by atoms with E-state index in [0.717, 1.165) is 29.2 Å². The summed E-state index contributed by atoms with van der Waals surface area (Å²) in [6, 6.07) is 1.84. The molecule has 4 amide bonds. The van der Waals surface area contributed by atoms with Gasteiger partial charge in [0.1, 0.15) is 0 Å². The minimum absolute atomic E-state index is 0.192. The predicted molar refractivity (Wildman–Crippen MR) is 86.9 cm³/mol. The Morgan fingerprint density at radius 1 is 1.17 bits per heavy atom. The van der Waals surface area contributed by atoms with Crippen molar-refractivity contribution < 1.29 is 14.4 Å². The lowest BCUT2D eigenvalue weighted by atomic mass is 9.98. The maximum absolute atomic E-state index is 12.4. The van der Waals surface area contributed by atoms with Gasteiger partial charge in [0, 0.05) is 24.0 Å². The van der Waals surface area contributed by atoms with Crippen molar-refractivity contribution in [2.24, 2.45) is 0 Å². The number of urea groups is 1. The van der Waals surface area contributed by atoms with E-state index >= 15 is 0 Å². The maximum atomic E-state index is 12.4. The molecule has 0 aromatic carbocycles. The highest BCUT2D eigenvalue weighted by Gasteiger charge is 2.45. The molecular formula is C16H21N3O3S. The van der Waals surface area contributed by atoms with E-state index in [4.69, 9.17) is 0 Å². The van der Waals surface area contributed by atoms with Gasteiger partial charge in [0.2, 0.25) is 0 Å². The topological polar surface area (TPSA) is 60.9 Å². The van der Waals surface area contributed by atoms with Gasteiger partial charge in [0.25, 0.3) is 0 Å². The molecular weight excluding hydrogens is 314 g/mol. The van der Waals surface area contributed by atoms with Gasteiger partial charge < -0.3 is 0 Å². The lowest BCUT2D eigenvalue weighted by Crippen LogP contribution is -2.46. The summed E-state index contributed by atoms with van der Waals surface area (Å²) in [5, 5.41) is 2.09. The van der Waals surface area contributed by atoms with Crippen LogP contribution in [0.25, 0.3) is 0 Å². The number of amides is 4. The number of nitrogens with zero attached hydrogens (tertiary/aromatic N) is 3. The molecule has 0 saturated carbocycles. The summed E-state index contributed by atoms with van der Waals surface area (Å²) in [6.07, 6.45) is 2.48. The van der Waals surface area contributed by atoms with Gasteiger partial charge in [-0.2, -0.15) is 0 Å². The van der Waals surface area contributed by atoms with Crippen molar-refractivity contribution in [3.05, 3.63) is 21.9 Å². The number of carbonyl (C=O) groups is 3. The molecule has 1 saturated heterocycles. The highest BCUT2D eigenvalue weighted by atomic mass is 32.1. The summed E-state index contributed by atoms with van der Waals surface area (Å²) >= 11 is 1.76. The van der Waals surface area contributed by atoms with Crippen LogP contribution in [0.4, 0.5) is 4.79 Å². The Labute approximate surface area is 139 Å². The van der Waals surface area contributed by atoms with Gasteiger partial charge in [0.05, 0.1) is 6.67 Å². The van der Waals surface area contributed by atoms with Crippen molar-refractivity contribution >= 4 is 29.2 Å². The largest absolute Gasteiger partial charge is 0.335 e. The quantitative estimate of drug-likeness (QED) is 0.611. The van der Waals surface area contributed by atoms with Crippen LogP contribution in [0.3, 0.4) is 0 Å². The second-order valence-corrected chi connectivity index (χ2v) is 6.90. The smallest absolute Gasteiger partial charge is 0.278 e. The molecule has 6 nitrogen and oxygen atoms in total. The van der Waals surface area contributed by atoms with Gasteiger partial charge in [-0.25, -0.2) is 9.69 Å². The third-order valence-corrected chi connectivity index (χ3v) is 5.49. The van der Waals surface area contributed by atoms with Gasteiger partial charge in [0.15, 0.2) is 0 Å². The van der Waals surface area contributed by atoms with Crippen LogP contribution >= 0.6 is 11.3 Å². The fourth-order valence-electron chi connectivity index (χ4n) is 3.37. The van der Waals surface area contributed by atoms with E-state index in [0.29, 0.717) is 13.0 Å². The molecule has 7 heteroatoms. The molecule has 0 aliphatic carbocycles. The first-order valence-electron chi connectivity index (χ1n) is 8.06. The van der Waals surface area contributed by atoms with E-state index < -0.39 is 17.8 Å². The van der Waals surface area contributed by atoms with Crippen LogP contribution in [-0.2, 0) is 16.0 Å². The fraction of sp³-hybridized carbons (Fsp3) is 0.562. The molecule has 0 radical (unpaired) electrons. The van der Waals surface area contributed by atoms with E-state index in [1.54, 1.807) is 11.3 Å². The summed E-state index contributed by atoms with van der Waals surface area (Å²) < 4.78 is 0.